The van der Waals surface area contributed by atoms with Gasteiger partial charge in [-0.1, -0.05) is 6.07 Å². The monoisotopic (exact) mass is 255 g/mol. The lowest BCUT2D eigenvalue weighted by Crippen LogP contribution is -2.43. The summed E-state index contributed by atoms with van der Waals surface area (Å²) in [5, 5.41) is 0.0853. The molecule has 94 valence electrons. The summed E-state index contributed by atoms with van der Waals surface area (Å²) in [5.41, 5.74) is 5.40. The summed E-state index contributed by atoms with van der Waals surface area (Å²) in [6.45, 7) is 4.13. The van der Waals surface area contributed by atoms with Gasteiger partial charge in [0.15, 0.2) is 5.03 Å². The molecule has 0 saturated carbocycles. The number of nitrogens with two attached hydrogens (primary N) is 1. The van der Waals surface area contributed by atoms with Gasteiger partial charge in [0.2, 0.25) is 0 Å². The van der Waals surface area contributed by atoms with E-state index in [-0.39, 0.29) is 11.1 Å². The summed E-state index contributed by atoms with van der Waals surface area (Å²) >= 11 is 0. The van der Waals surface area contributed by atoms with Crippen LogP contribution in [0.5, 0.6) is 0 Å². The lowest BCUT2D eigenvalue weighted by Gasteiger charge is -2.29. The minimum Gasteiger partial charge on any atom is -0.326 e. The van der Waals surface area contributed by atoms with E-state index in [9.17, 15) is 8.42 Å². The minimum absolute atomic E-state index is 0.0853. The predicted octanol–water partition coefficient (Wildman–Crippen LogP) is 0.582. The highest BCUT2D eigenvalue weighted by Gasteiger charge is 2.44. The second kappa shape index (κ2) is 4.04. The largest absolute Gasteiger partial charge is 0.326 e. The van der Waals surface area contributed by atoms with Crippen LogP contribution in [0.15, 0.2) is 29.4 Å². The summed E-state index contributed by atoms with van der Waals surface area (Å²) in [5.74, 6) is 0. The van der Waals surface area contributed by atoms with Crippen molar-refractivity contribution < 1.29 is 8.42 Å². The molecule has 17 heavy (non-hydrogen) atoms. The molecule has 0 aliphatic carbocycles. The Morgan fingerprint density at radius 3 is 2.65 bits per heavy atom. The molecular formula is C11H17N3O2S. The highest BCUT2D eigenvalue weighted by atomic mass is 32.2. The van der Waals surface area contributed by atoms with Crippen molar-refractivity contribution in [2.24, 2.45) is 5.73 Å². The summed E-state index contributed by atoms with van der Waals surface area (Å²) in [6.07, 6.45) is 2.15. The molecule has 0 amide bonds. The molecule has 1 aromatic rings. The Kier molecular flexibility index (Phi) is 2.97. The van der Waals surface area contributed by atoms with Crippen LogP contribution in [0.3, 0.4) is 0 Å². The average Bonchev–Trinajstić information content (AvgIpc) is 2.54. The average molecular weight is 255 g/mol. The number of hydrogen-bond acceptors (Lipinski definition) is 4. The molecule has 2 N–H and O–H groups in total. The van der Waals surface area contributed by atoms with E-state index in [1.807, 2.05) is 13.8 Å². The van der Waals surface area contributed by atoms with Crippen LogP contribution in [-0.4, -0.2) is 35.8 Å². The zero-order chi connectivity index (χ0) is 12.7. The maximum atomic E-state index is 12.4. The predicted molar refractivity (Wildman–Crippen MR) is 64.8 cm³/mol. The van der Waals surface area contributed by atoms with Crippen LogP contribution in [0.25, 0.3) is 0 Å². The molecule has 1 aliphatic rings. The summed E-state index contributed by atoms with van der Waals surface area (Å²) in [6, 6.07) is 4.77. The molecule has 2 heterocycles. The van der Waals surface area contributed by atoms with Gasteiger partial charge in [-0.3, -0.25) is 0 Å². The Bertz CT molecular complexity index is 499. The van der Waals surface area contributed by atoms with Gasteiger partial charge in [0.1, 0.15) is 0 Å². The lowest BCUT2D eigenvalue weighted by molar-refractivity contribution is 0.291. The van der Waals surface area contributed by atoms with Crippen molar-refractivity contribution in [3.63, 3.8) is 0 Å². The van der Waals surface area contributed by atoms with Gasteiger partial charge >= 0.3 is 0 Å². The van der Waals surface area contributed by atoms with E-state index in [0.717, 1.165) is 0 Å². The highest BCUT2D eigenvalue weighted by Crippen LogP contribution is 2.32. The molecule has 1 saturated heterocycles. The fourth-order valence-corrected chi connectivity index (χ4v) is 4.09. The Morgan fingerprint density at radius 1 is 1.47 bits per heavy atom. The first-order valence-electron chi connectivity index (χ1n) is 5.53. The standard InChI is InChI=1S/C11H17N3O2S/c1-11(2)7-9(12)8-14(11)17(15,16)10-5-3-4-6-13-10/h3-6,9H,7-8,12H2,1-2H3. The Morgan fingerprint density at radius 2 is 2.18 bits per heavy atom. The van der Waals surface area contributed by atoms with Gasteiger partial charge in [-0.05, 0) is 32.4 Å². The van der Waals surface area contributed by atoms with Crippen LogP contribution in [0.1, 0.15) is 20.3 Å². The fourth-order valence-electron chi connectivity index (χ4n) is 2.30. The Hall–Kier alpha value is -0.980. The van der Waals surface area contributed by atoms with Gasteiger partial charge in [0.05, 0.1) is 0 Å². The Balaban J connectivity index is 2.41. The smallest absolute Gasteiger partial charge is 0.261 e. The normalized spacial score (nSPS) is 25.0. The SMILES string of the molecule is CC1(C)CC(N)CN1S(=O)(=O)c1ccccn1. The highest BCUT2D eigenvalue weighted by molar-refractivity contribution is 7.89. The van der Waals surface area contributed by atoms with Crippen molar-refractivity contribution in [1.29, 1.82) is 0 Å². The van der Waals surface area contributed by atoms with Crippen molar-refractivity contribution >= 4 is 10.0 Å². The molecule has 0 radical (unpaired) electrons. The molecule has 1 aromatic heterocycles. The van der Waals surface area contributed by atoms with Crippen LogP contribution in [0, 0.1) is 0 Å². The zero-order valence-corrected chi connectivity index (χ0v) is 10.8. The van der Waals surface area contributed by atoms with E-state index in [2.05, 4.69) is 4.98 Å². The van der Waals surface area contributed by atoms with Gasteiger partial charge < -0.3 is 5.73 Å². The molecule has 0 bridgehead atoms. The molecule has 0 aromatic carbocycles. The maximum absolute atomic E-state index is 12.4. The van der Waals surface area contributed by atoms with Gasteiger partial charge in [-0.15, -0.1) is 0 Å². The van der Waals surface area contributed by atoms with Gasteiger partial charge in [0.25, 0.3) is 10.0 Å². The number of hydrogen-bond donors (Lipinski definition) is 1. The molecule has 1 fully saturated rings. The van der Waals surface area contributed by atoms with Crippen LogP contribution < -0.4 is 5.73 Å². The van der Waals surface area contributed by atoms with Crippen LogP contribution in [0.4, 0.5) is 0 Å². The molecule has 2 rings (SSSR count). The molecule has 1 unspecified atom stereocenters. The number of pyridine rings is 1. The van der Waals surface area contributed by atoms with Crippen molar-refractivity contribution in [3.8, 4) is 0 Å². The zero-order valence-electron chi connectivity index (χ0n) is 10.00. The van der Waals surface area contributed by atoms with Gasteiger partial charge in [-0.25, -0.2) is 13.4 Å². The van der Waals surface area contributed by atoms with Crippen LogP contribution >= 0.6 is 0 Å². The third kappa shape index (κ3) is 2.20. The molecule has 1 atom stereocenters. The Labute approximate surface area is 102 Å². The fraction of sp³-hybridized carbons (Fsp3) is 0.545. The van der Waals surface area contributed by atoms with E-state index in [1.54, 1.807) is 12.1 Å². The van der Waals surface area contributed by atoms with Crippen molar-refractivity contribution in [1.82, 2.24) is 9.29 Å². The quantitative estimate of drug-likeness (QED) is 0.838. The van der Waals surface area contributed by atoms with E-state index in [4.69, 9.17) is 5.73 Å². The number of rotatable bonds is 2. The van der Waals surface area contributed by atoms with Crippen LogP contribution in [-0.2, 0) is 10.0 Å². The van der Waals surface area contributed by atoms with Crippen LogP contribution in [0.2, 0.25) is 0 Å². The first kappa shape index (κ1) is 12.5. The van der Waals surface area contributed by atoms with Crippen molar-refractivity contribution in [2.75, 3.05) is 6.54 Å². The maximum Gasteiger partial charge on any atom is 0.261 e. The second-order valence-electron chi connectivity index (χ2n) is 4.98. The van der Waals surface area contributed by atoms with E-state index in [1.165, 1.54) is 16.6 Å². The molecule has 6 heteroatoms. The minimum atomic E-state index is -3.54. The molecule has 0 spiro atoms. The van der Waals surface area contributed by atoms with Crippen molar-refractivity contribution in [2.45, 2.75) is 36.9 Å². The lowest BCUT2D eigenvalue weighted by atomic mass is 10.0. The first-order chi connectivity index (χ1) is 7.84. The van der Waals surface area contributed by atoms with Gasteiger partial charge in [0, 0.05) is 24.3 Å². The molecule has 1 aliphatic heterocycles. The molecular weight excluding hydrogens is 238 g/mol. The topological polar surface area (TPSA) is 76.3 Å². The van der Waals surface area contributed by atoms with Crippen molar-refractivity contribution in [3.05, 3.63) is 24.4 Å². The number of sulfonamides is 1. The van der Waals surface area contributed by atoms with E-state index in [0.29, 0.717) is 13.0 Å². The number of nitrogens with zero attached hydrogens (tertiary/aromatic N) is 2. The first-order valence-corrected chi connectivity index (χ1v) is 6.97. The van der Waals surface area contributed by atoms with E-state index >= 15 is 0 Å². The summed E-state index contributed by atoms with van der Waals surface area (Å²) in [7, 11) is -3.54. The second-order valence-corrected chi connectivity index (χ2v) is 6.79. The third-order valence-electron chi connectivity index (χ3n) is 3.03. The number of aromatic nitrogens is 1. The summed E-state index contributed by atoms with van der Waals surface area (Å²) < 4.78 is 26.3. The molecule has 5 nitrogen and oxygen atoms in total. The summed E-state index contributed by atoms with van der Waals surface area (Å²) in [4.78, 5) is 3.92. The van der Waals surface area contributed by atoms with Gasteiger partial charge in [-0.2, -0.15) is 4.31 Å². The van der Waals surface area contributed by atoms with E-state index < -0.39 is 15.6 Å². The third-order valence-corrected chi connectivity index (χ3v) is 5.02.